The predicted molar refractivity (Wildman–Crippen MR) is 58.8 cm³/mol. The molecule has 0 bridgehead atoms. The summed E-state index contributed by atoms with van der Waals surface area (Å²) < 4.78 is 0. The highest BCUT2D eigenvalue weighted by molar-refractivity contribution is 4.75. The molecule has 13 heavy (non-hydrogen) atoms. The summed E-state index contributed by atoms with van der Waals surface area (Å²) in [4.78, 5) is 0. The Morgan fingerprint density at radius 2 is 1.92 bits per heavy atom. The second kappa shape index (κ2) is 5.64. The van der Waals surface area contributed by atoms with Crippen LogP contribution >= 0.6 is 0 Å². The van der Waals surface area contributed by atoms with Crippen molar-refractivity contribution in [2.75, 3.05) is 13.1 Å². The maximum absolute atomic E-state index is 3.52. The summed E-state index contributed by atoms with van der Waals surface area (Å²) in [5.74, 6) is 2.80. The summed E-state index contributed by atoms with van der Waals surface area (Å²) >= 11 is 0. The van der Waals surface area contributed by atoms with Gasteiger partial charge in [0.2, 0.25) is 0 Å². The van der Waals surface area contributed by atoms with Gasteiger partial charge >= 0.3 is 0 Å². The first kappa shape index (κ1) is 11.0. The third-order valence-corrected chi connectivity index (χ3v) is 3.28. The maximum atomic E-state index is 3.52. The minimum absolute atomic E-state index is 0.791. The molecule has 0 amide bonds. The number of hydrogen-bond donors (Lipinski definition) is 1. The molecule has 0 aliphatic heterocycles. The fourth-order valence-electron chi connectivity index (χ4n) is 1.97. The van der Waals surface area contributed by atoms with Crippen LogP contribution in [0.4, 0.5) is 0 Å². The molecule has 1 atom stereocenters. The highest BCUT2D eigenvalue weighted by Gasteiger charge is 2.22. The molecule has 78 valence electrons. The van der Waals surface area contributed by atoms with E-state index < -0.39 is 0 Å². The molecule has 1 heteroatoms. The van der Waals surface area contributed by atoms with Gasteiger partial charge in [0.25, 0.3) is 0 Å². The molecule has 0 aromatic rings. The molecule has 1 unspecified atom stereocenters. The minimum Gasteiger partial charge on any atom is -0.316 e. The van der Waals surface area contributed by atoms with Gasteiger partial charge in [-0.3, -0.25) is 0 Å². The van der Waals surface area contributed by atoms with E-state index in [1.807, 2.05) is 0 Å². The monoisotopic (exact) mass is 183 g/mol. The Hall–Kier alpha value is -0.0400. The zero-order valence-electron chi connectivity index (χ0n) is 9.47. The van der Waals surface area contributed by atoms with E-state index in [1.165, 1.54) is 38.8 Å². The SMILES string of the molecule is CC(C)CNCCC(C)C1CCC1. The van der Waals surface area contributed by atoms with Crippen molar-refractivity contribution in [2.24, 2.45) is 17.8 Å². The van der Waals surface area contributed by atoms with E-state index >= 15 is 0 Å². The Morgan fingerprint density at radius 1 is 1.23 bits per heavy atom. The summed E-state index contributed by atoms with van der Waals surface area (Å²) in [6.45, 7) is 9.35. The lowest BCUT2D eigenvalue weighted by Crippen LogP contribution is -2.26. The normalized spacial score (nSPS) is 20.3. The molecule has 1 saturated carbocycles. The van der Waals surface area contributed by atoms with E-state index in [-0.39, 0.29) is 0 Å². The fraction of sp³-hybridized carbons (Fsp3) is 1.00. The van der Waals surface area contributed by atoms with Gasteiger partial charge in [0.1, 0.15) is 0 Å². The fourth-order valence-corrected chi connectivity index (χ4v) is 1.97. The van der Waals surface area contributed by atoms with Crippen molar-refractivity contribution in [3.8, 4) is 0 Å². The molecule has 1 rings (SSSR count). The lowest BCUT2D eigenvalue weighted by atomic mass is 9.75. The summed E-state index contributed by atoms with van der Waals surface area (Å²) in [7, 11) is 0. The van der Waals surface area contributed by atoms with Crippen molar-refractivity contribution < 1.29 is 0 Å². The molecule has 1 aliphatic rings. The molecule has 1 N–H and O–H groups in total. The zero-order chi connectivity index (χ0) is 9.68. The second-order valence-corrected chi connectivity index (χ2v) is 5.05. The van der Waals surface area contributed by atoms with Crippen molar-refractivity contribution in [3.05, 3.63) is 0 Å². The van der Waals surface area contributed by atoms with Gasteiger partial charge in [-0.15, -0.1) is 0 Å². The summed E-state index contributed by atoms with van der Waals surface area (Å²) in [5, 5.41) is 3.52. The first-order valence-corrected chi connectivity index (χ1v) is 5.91. The topological polar surface area (TPSA) is 12.0 Å². The highest BCUT2D eigenvalue weighted by atomic mass is 14.8. The van der Waals surface area contributed by atoms with Crippen LogP contribution in [-0.2, 0) is 0 Å². The molecule has 0 heterocycles. The number of nitrogens with one attached hydrogen (secondary N) is 1. The Kier molecular flexibility index (Phi) is 4.79. The van der Waals surface area contributed by atoms with Crippen LogP contribution in [0.25, 0.3) is 0 Å². The van der Waals surface area contributed by atoms with E-state index in [0.717, 1.165) is 17.8 Å². The van der Waals surface area contributed by atoms with Crippen molar-refractivity contribution in [2.45, 2.75) is 46.5 Å². The largest absolute Gasteiger partial charge is 0.316 e. The van der Waals surface area contributed by atoms with Crippen LogP contribution < -0.4 is 5.32 Å². The van der Waals surface area contributed by atoms with Crippen LogP contribution in [0.5, 0.6) is 0 Å². The Bertz CT molecular complexity index is 127. The van der Waals surface area contributed by atoms with E-state index in [0.29, 0.717) is 0 Å². The van der Waals surface area contributed by atoms with Crippen molar-refractivity contribution in [1.82, 2.24) is 5.32 Å². The molecule has 0 radical (unpaired) electrons. The smallest absolute Gasteiger partial charge is 0.00258 e. The van der Waals surface area contributed by atoms with Gasteiger partial charge in [0, 0.05) is 0 Å². The van der Waals surface area contributed by atoms with Crippen LogP contribution in [0, 0.1) is 17.8 Å². The molecular formula is C12H25N. The van der Waals surface area contributed by atoms with E-state index in [4.69, 9.17) is 0 Å². The Balaban J connectivity index is 1.92. The standard InChI is InChI=1S/C12H25N/c1-10(2)9-13-8-7-11(3)12-5-4-6-12/h10-13H,4-9H2,1-3H3. The molecule has 1 fully saturated rings. The first-order chi connectivity index (χ1) is 6.20. The lowest BCUT2D eigenvalue weighted by molar-refractivity contribution is 0.209. The van der Waals surface area contributed by atoms with Crippen molar-refractivity contribution >= 4 is 0 Å². The van der Waals surface area contributed by atoms with Crippen molar-refractivity contribution in [3.63, 3.8) is 0 Å². The van der Waals surface area contributed by atoms with Gasteiger partial charge < -0.3 is 5.32 Å². The zero-order valence-corrected chi connectivity index (χ0v) is 9.47. The predicted octanol–water partition coefficient (Wildman–Crippen LogP) is 3.06. The van der Waals surface area contributed by atoms with Gasteiger partial charge in [-0.25, -0.2) is 0 Å². The van der Waals surface area contributed by atoms with E-state index in [1.54, 1.807) is 0 Å². The first-order valence-electron chi connectivity index (χ1n) is 5.91. The molecule has 1 nitrogen and oxygen atoms in total. The molecule has 0 aromatic carbocycles. The van der Waals surface area contributed by atoms with E-state index in [9.17, 15) is 0 Å². The van der Waals surface area contributed by atoms with Crippen LogP contribution in [-0.4, -0.2) is 13.1 Å². The molecular weight excluding hydrogens is 158 g/mol. The van der Waals surface area contributed by atoms with Crippen LogP contribution in [0.15, 0.2) is 0 Å². The summed E-state index contributed by atoms with van der Waals surface area (Å²) in [6.07, 6.45) is 5.84. The molecule has 1 aliphatic carbocycles. The van der Waals surface area contributed by atoms with Gasteiger partial charge in [-0.05, 0) is 37.3 Å². The number of rotatable bonds is 6. The van der Waals surface area contributed by atoms with E-state index in [2.05, 4.69) is 26.1 Å². The van der Waals surface area contributed by atoms with Gasteiger partial charge in [-0.1, -0.05) is 40.0 Å². The third-order valence-electron chi connectivity index (χ3n) is 3.28. The third kappa shape index (κ3) is 4.12. The Labute approximate surface area is 83.3 Å². The van der Waals surface area contributed by atoms with Crippen LogP contribution in [0.3, 0.4) is 0 Å². The minimum atomic E-state index is 0.791. The van der Waals surface area contributed by atoms with Crippen LogP contribution in [0.1, 0.15) is 46.5 Å². The molecule has 0 spiro atoms. The second-order valence-electron chi connectivity index (χ2n) is 5.05. The quantitative estimate of drug-likeness (QED) is 0.624. The van der Waals surface area contributed by atoms with Crippen molar-refractivity contribution in [1.29, 1.82) is 0 Å². The summed E-state index contributed by atoms with van der Waals surface area (Å²) in [5.41, 5.74) is 0. The van der Waals surface area contributed by atoms with Gasteiger partial charge in [-0.2, -0.15) is 0 Å². The van der Waals surface area contributed by atoms with Gasteiger partial charge in [0.15, 0.2) is 0 Å². The average Bonchev–Trinajstić information content (AvgIpc) is 1.94. The molecule has 0 saturated heterocycles. The summed E-state index contributed by atoms with van der Waals surface area (Å²) in [6, 6.07) is 0. The maximum Gasteiger partial charge on any atom is -0.00258 e. The number of hydrogen-bond acceptors (Lipinski definition) is 1. The lowest BCUT2D eigenvalue weighted by Gasteiger charge is -2.31. The average molecular weight is 183 g/mol. The molecule has 0 aromatic heterocycles. The highest BCUT2D eigenvalue weighted by Crippen LogP contribution is 2.34. The Morgan fingerprint density at radius 3 is 2.38 bits per heavy atom. The van der Waals surface area contributed by atoms with Gasteiger partial charge in [0.05, 0.1) is 0 Å². The van der Waals surface area contributed by atoms with Crippen LogP contribution in [0.2, 0.25) is 0 Å².